The van der Waals surface area contributed by atoms with Crippen LogP contribution >= 0.6 is 0 Å². The number of rotatable bonds is 2. The Morgan fingerprint density at radius 3 is 2.56 bits per heavy atom. The van der Waals surface area contributed by atoms with E-state index in [0.29, 0.717) is 12.5 Å². The fourth-order valence-corrected chi connectivity index (χ4v) is 2.33. The van der Waals surface area contributed by atoms with Gasteiger partial charge in [-0.15, -0.1) is 0 Å². The van der Waals surface area contributed by atoms with Crippen molar-refractivity contribution in [2.45, 2.75) is 26.3 Å². The van der Waals surface area contributed by atoms with Crippen LogP contribution in [-0.2, 0) is 6.54 Å². The molecule has 0 atom stereocenters. The molecule has 1 aromatic rings. The Bertz CT molecular complexity index is 538. The summed E-state index contributed by atoms with van der Waals surface area (Å²) in [5.74, 6) is 0.165. The molecule has 1 aliphatic rings. The van der Waals surface area contributed by atoms with E-state index in [1.165, 1.54) is 11.5 Å². The molecule has 0 radical (unpaired) electrons. The number of piperidine rings is 1. The lowest BCUT2D eigenvalue weighted by Crippen LogP contribution is -2.36. The van der Waals surface area contributed by atoms with E-state index < -0.39 is 11.2 Å². The first-order chi connectivity index (χ1) is 8.49. The summed E-state index contributed by atoms with van der Waals surface area (Å²) in [4.78, 5) is 27.5. The van der Waals surface area contributed by atoms with Gasteiger partial charge in [-0.2, -0.15) is 0 Å². The van der Waals surface area contributed by atoms with Gasteiger partial charge in [0.15, 0.2) is 0 Å². The number of nitrogens with one attached hydrogen (secondary N) is 1. The molecule has 0 amide bonds. The van der Waals surface area contributed by atoms with Gasteiger partial charge in [0.25, 0.3) is 5.56 Å². The normalized spacial score (nSPS) is 18.1. The predicted octanol–water partition coefficient (Wildman–Crippen LogP) is -0.108. The van der Waals surface area contributed by atoms with Crippen LogP contribution in [0.15, 0.2) is 9.59 Å². The highest BCUT2D eigenvalue weighted by Crippen LogP contribution is 2.19. The van der Waals surface area contributed by atoms with Gasteiger partial charge in [-0.3, -0.25) is 14.3 Å². The maximum Gasteiger partial charge on any atom is 0.331 e. The first-order valence-corrected chi connectivity index (χ1v) is 6.20. The van der Waals surface area contributed by atoms with Crippen molar-refractivity contribution >= 4 is 0 Å². The second-order valence-electron chi connectivity index (χ2n) is 5.07. The first-order valence-electron chi connectivity index (χ1n) is 6.20. The number of nitrogens with zero attached hydrogens (tertiary/aromatic N) is 2. The molecule has 18 heavy (non-hydrogen) atoms. The first kappa shape index (κ1) is 12.9. The van der Waals surface area contributed by atoms with E-state index in [0.717, 1.165) is 25.9 Å². The van der Waals surface area contributed by atoms with E-state index in [2.05, 4.69) is 16.9 Å². The van der Waals surface area contributed by atoms with Crippen molar-refractivity contribution in [1.82, 2.24) is 14.5 Å². The quantitative estimate of drug-likeness (QED) is 0.771. The van der Waals surface area contributed by atoms with Crippen molar-refractivity contribution in [3.63, 3.8) is 0 Å². The number of likely N-dealkylation sites (tertiary alicyclic amines) is 1. The molecule has 1 saturated heterocycles. The molecule has 1 aliphatic heterocycles. The van der Waals surface area contributed by atoms with Crippen LogP contribution in [0.4, 0.5) is 0 Å². The average Bonchev–Trinajstić information content (AvgIpc) is 2.34. The molecule has 2 N–H and O–H groups in total. The van der Waals surface area contributed by atoms with Crippen LogP contribution in [0.3, 0.4) is 0 Å². The molecule has 0 aliphatic carbocycles. The Labute approximate surface area is 105 Å². The number of aromatic amines is 1. The van der Waals surface area contributed by atoms with Crippen LogP contribution in [0.2, 0.25) is 0 Å². The summed E-state index contributed by atoms with van der Waals surface area (Å²) in [5, 5.41) is 9.87. The van der Waals surface area contributed by atoms with Crippen LogP contribution in [-0.4, -0.2) is 39.7 Å². The summed E-state index contributed by atoms with van der Waals surface area (Å²) in [6.45, 7) is 3.99. The van der Waals surface area contributed by atoms with E-state index >= 15 is 0 Å². The molecule has 0 spiro atoms. The molecule has 0 bridgehead atoms. The predicted molar refractivity (Wildman–Crippen MR) is 67.9 cm³/mol. The molecule has 6 nitrogen and oxygen atoms in total. The Hall–Kier alpha value is -1.56. The van der Waals surface area contributed by atoms with Crippen LogP contribution in [0, 0.1) is 12.8 Å². The van der Waals surface area contributed by atoms with Crippen LogP contribution in [0.25, 0.3) is 0 Å². The van der Waals surface area contributed by atoms with Crippen molar-refractivity contribution in [2.24, 2.45) is 5.92 Å². The number of H-pyrrole nitrogens is 1. The lowest BCUT2D eigenvalue weighted by atomic mass is 9.97. The van der Waals surface area contributed by atoms with E-state index in [-0.39, 0.29) is 11.4 Å². The lowest BCUT2D eigenvalue weighted by molar-refractivity contribution is 0.199. The van der Waals surface area contributed by atoms with Gasteiger partial charge in [0.1, 0.15) is 0 Å². The summed E-state index contributed by atoms with van der Waals surface area (Å²) < 4.78 is 1.27. The molecule has 0 unspecified atom stereocenters. The van der Waals surface area contributed by atoms with Gasteiger partial charge in [0.05, 0.1) is 5.56 Å². The largest absolute Gasteiger partial charge is 0.494 e. The Morgan fingerprint density at radius 2 is 1.94 bits per heavy atom. The second-order valence-corrected chi connectivity index (χ2v) is 5.07. The van der Waals surface area contributed by atoms with Crippen LogP contribution in [0.5, 0.6) is 5.88 Å². The third-order valence-electron chi connectivity index (χ3n) is 3.68. The number of hydrogen-bond acceptors (Lipinski definition) is 4. The zero-order valence-corrected chi connectivity index (χ0v) is 10.8. The molecule has 2 rings (SSSR count). The third-order valence-corrected chi connectivity index (χ3v) is 3.68. The number of aromatic hydroxyl groups is 1. The van der Waals surface area contributed by atoms with Gasteiger partial charge >= 0.3 is 5.69 Å². The van der Waals surface area contributed by atoms with E-state index in [1.807, 2.05) is 0 Å². The van der Waals surface area contributed by atoms with Gasteiger partial charge in [-0.25, -0.2) is 4.79 Å². The van der Waals surface area contributed by atoms with E-state index in [9.17, 15) is 14.7 Å². The van der Waals surface area contributed by atoms with Gasteiger partial charge in [-0.1, -0.05) is 0 Å². The minimum Gasteiger partial charge on any atom is -0.494 e. The highest BCUT2D eigenvalue weighted by molar-refractivity contribution is 5.20. The Morgan fingerprint density at radius 1 is 1.33 bits per heavy atom. The molecule has 0 aromatic carbocycles. The SMILES string of the molecule is Cc1c(O)n(CC2CCN(C)CC2)c(=O)[nH]c1=O. The molecule has 0 saturated carbocycles. The lowest BCUT2D eigenvalue weighted by Gasteiger charge is -2.29. The van der Waals surface area contributed by atoms with Crippen LogP contribution in [0.1, 0.15) is 18.4 Å². The fraction of sp³-hybridized carbons (Fsp3) is 0.667. The van der Waals surface area contributed by atoms with E-state index in [4.69, 9.17) is 0 Å². The molecule has 6 heteroatoms. The molecule has 1 aromatic heterocycles. The highest BCUT2D eigenvalue weighted by Gasteiger charge is 2.19. The molecular weight excluding hydrogens is 234 g/mol. The van der Waals surface area contributed by atoms with Gasteiger partial charge in [-0.05, 0) is 45.8 Å². The molecule has 100 valence electrons. The molecular formula is C12H19N3O3. The highest BCUT2D eigenvalue weighted by atomic mass is 16.3. The third kappa shape index (κ3) is 2.48. The summed E-state index contributed by atoms with van der Waals surface area (Å²) in [7, 11) is 2.07. The molecule has 2 heterocycles. The van der Waals surface area contributed by atoms with Crippen molar-refractivity contribution in [1.29, 1.82) is 0 Å². The Balaban J connectivity index is 2.22. The maximum atomic E-state index is 11.7. The molecule has 1 fully saturated rings. The van der Waals surface area contributed by atoms with Crippen LogP contribution < -0.4 is 11.2 Å². The summed E-state index contributed by atoms with van der Waals surface area (Å²) in [6.07, 6.45) is 2.00. The average molecular weight is 253 g/mol. The fourth-order valence-electron chi connectivity index (χ4n) is 2.33. The van der Waals surface area contributed by atoms with Gasteiger partial charge < -0.3 is 10.0 Å². The van der Waals surface area contributed by atoms with Crippen molar-refractivity contribution in [3.05, 3.63) is 26.4 Å². The standard InChI is InChI=1S/C12H19N3O3/c1-8-10(16)13-12(18)15(11(8)17)7-9-3-5-14(2)6-4-9/h9,17H,3-7H2,1-2H3,(H,13,16,18). The van der Waals surface area contributed by atoms with Gasteiger partial charge in [0.2, 0.25) is 5.88 Å². The Kier molecular flexibility index (Phi) is 3.56. The summed E-state index contributed by atoms with van der Waals surface area (Å²) in [6, 6.07) is 0. The zero-order valence-electron chi connectivity index (χ0n) is 10.8. The second kappa shape index (κ2) is 4.97. The number of aromatic nitrogens is 2. The van der Waals surface area contributed by atoms with Gasteiger partial charge in [0, 0.05) is 6.54 Å². The minimum absolute atomic E-state index is 0.197. The number of hydrogen-bond donors (Lipinski definition) is 2. The smallest absolute Gasteiger partial charge is 0.331 e. The maximum absolute atomic E-state index is 11.7. The topological polar surface area (TPSA) is 78.3 Å². The summed E-state index contributed by atoms with van der Waals surface area (Å²) >= 11 is 0. The monoisotopic (exact) mass is 253 g/mol. The summed E-state index contributed by atoms with van der Waals surface area (Å²) in [5.41, 5.74) is -0.846. The van der Waals surface area contributed by atoms with Crippen molar-refractivity contribution in [3.8, 4) is 5.88 Å². The van der Waals surface area contributed by atoms with E-state index in [1.54, 1.807) is 0 Å². The zero-order chi connectivity index (χ0) is 13.3. The minimum atomic E-state index is -0.526. The van der Waals surface area contributed by atoms with Crippen molar-refractivity contribution in [2.75, 3.05) is 20.1 Å². The van der Waals surface area contributed by atoms with Crippen molar-refractivity contribution < 1.29 is 5.11 Å².